The van der Waals surface area contributed by atoms with Crippen LogP contribution in [0.15, 0.2) is 23.2 Å². The van der Waals surface area contributed by atoms with Gasteiger partial charge in [-0.1, -0.05) is 18.2 Å². The van der Waals surface area contributed by atoms with Crippen molar-refractivity contribution in [3.63, 3.8) is 0 Å². The summed E-state index contributed by atoms with van der Waals surface area (Å²) in [6, 6.07) is 6.83. The van der Waals surface area contributed by atoms with Gasteiger partial charge >= 0.3 is 0 Å². The van der Waals surface area contributed by atoms with E-state index in [2.05, 4.69) is 42.7 Å². The average Bonchev–Trinajstić information content (AvgIpc) is 3.19. The molecule has 2 N–H and O–H groups in total. The van der Waals surface area contributed by atoms with Crippen molar-refractivity contribution in [1.82, 2.24) is 10.6 Å². The summed E-state index contributed by atoms with van der Waals surface area (Å²) in [4.78, 5) is 4.74. The molecular weight excluding hydrogens is 413 g/mol. The van der Waals surface area contributed by atoms with Crippen LogP contribution < -0.4 is 10.6 Å². The molecule has 1 heterocycles. The minimum absolute atomic E-state index is 0. The molecule has 1 aromatic carbocycles. The maximum Gasteiger partial charge on any atom is 0.191 e. The van der Waals surface area contributed by atoms with Crippen LogP contribution in [0.25, 0.3) is 0 Å². The van der Waals surface area contributed by atoms with Crippen LogP contribution in [-0.2, 0) is 24.1 Å². The minimum Gasteiger partial charge on any atom is -0.373 e. The number of ether oxygens (including phenoxy) is 1. The van der Waals surface area contributed by atoms with Crippen molar-refractivity contribution in [1.29, 1.82) is 0 Å². The number of nitrogens with zero attached hydrogens (tertiary/aromatic N) is 1. The Labute approximate surface area is 162 Å². The first-order chi connectivity index (χ1) is 11.2. The molecule has 1 fully saturated rings. The lowest BCUT2D eigenvalue weighted by molar-refractivity contribution is 0.0243. The predicted octanol–water partition coefficient (Wildman–Crippen LogP) is 3.42. The second-order valence-corrected chi connectivity index (χ2v) is 6.91. The van der Waals surface area contributed by atoms with Crippen molar-refractivity contribution in [2.45, 2.75) is 58.1 Å². The second kappa shape index (κ2) is 9.04. The number of aliphatic imine (C=N–C) groups is 1. The van der Waals surface area contributed by atoms with E-state index in [1.807, 2.05) is 0 Å². The summed E-state index contributed by atoms with van der Waals surface area (Å²) >= 11 is 0. The zero-order chi connectivity index (χ0) is 16.1. The first-order valence-corrected chi connectivity index (χ1v) is 8.95. The number of halogens is 1. The number of nitrogens with one attached hydrogen (secondary N) is 2. The SMILES string of the molecule is CCNC(=NCc1ccc2c(c1)CCC2)NCC1(C)CCCO1.I. The summed E-state index contributed by atoms with van der Waals surface area (Å²) in [6.07, 6.45) is 6.03. The minimum atomic E-state index is -0.0518. The molecule has 1 aliphatic carbocycles. The zero-order valence-electron chi connectivity index (χ0n) is 14.9. The van der Waals surface area contributed by atoms with Crippen molar-refractivity contribution < 1.29 is 4.74 Å². The van der Waals surface area contributed by atoms with Crippen molar-refractivity contribution >= 4 is 29.9 Å². The van der Waals surface area contributed by atoms with Gasteiger partial charge in [0.2, 0.25) is 0 Å². The molecule has 0 saturated carbocycles. The smallest absolute Gasteiger partial charge is 0.191 e. The predicted molar refractivity (Wildman–Crippen MR) is 110 cm³/mol. The first-order valence-electron chi connectivity index (χ1n) is 8.95. The fraction of sp³-hybridized carbons (Fsp3) is 0.632. The lowest BCUT2D eigenvalue weighted by Crippen LogP contribution is -2.45. The van der Waals surface area contributed by atoms with Gasteiger partial charge in [-0.05, 0) is 62.6 Å². The number of fused-ring (bicyclic) bond motifs is 1. The van der Waals surface area contributed by atoms with Gasteiger partial charge in [0.05, 0.1) is 12.1 Å². The molecule has 1 unspecified atom stereocenters. The molecule has 0 spiro atoms. The fourth-order valence-electron chi connectivity index (χ4n) is 3.48. The van der Waals surface area contributed by atoms with Crippen LogP contribution in [0.5, 0.6) is 0 Å². The second-order valence-electron chi connectivity index (χ2n) is 6.91. The zero-order valence-corrected chi connectivity index (χ0v) is 17.2. The van der Waals surface area contributed by atoms with Gasteiger partial charge in [-0.3, -0.25) is 0 Å². The summed E-state index contributed by atoms with van der Waals surface area (Å²) in [5.74, 6) is 0.879. The van der Waals surface area contributed by atoms with E-state index in [9.17, 15) is 0 Å². The van der Waals surface area contributed by atoms with E-state index in [1.54, 1.807) is 0 Å². The van der Waals surface area contributed by atoms with Crippen molar-refractivity contribution in [3.05, 3.63) is 34.9 Å². The standard InChI is InChI=1S/C19H29N3O.HI/c1-3-20-18(22-14-19(2)10-5-11-23-19)21-13-15-8-9-16-6-4-7-17(16)12-15;/h8-9,12H,3-7,10-11,13-14H2,1-2H3,(H2,20,21,22);1H. The third kappa shape index (κ3) is 5.09. The molecule has 3 rings (SSSR count). The van der Waals surface area contributed by atoms with Crippen LogP contribution in [0, 0.1) is 0 Å². The molecule has 0 aromatic heterocycles. The monoisotopic (exact) mass is 443 g/mol. The number of benzene rings is 1. The van der Waals surface area contributed by atoms with Crippen molar-refractivity contribution in [2.75, 3.05) is 19.7 Å². The molecule has 1 saturated heterocycles. The highest BCUT2D eigenvalue weighted by Crippen LogP contribution is 2.24. The molecule has 0 radical (unpaired) electrons. The van der Waals surface area contributed by atoms with E-state index in [-0.39, 0.29) is 29.6 Å². The Morgan fingerprint density at radius 2 is 2.04 bits per heavy atom. The van der Waals surface area contributed by atoms with E-state index >= 15 is 0 Å². The first kappa shape index (κ1) is 19.5. The summed E-state index contributed by atoms with van der Waals surface area (Å²) < 4.78 is 5.84. The number of hydrogen-bond donors (Lipinski definition) is 2. The number of rotatable bonds is 5. The van der Waals surface area contributed by atoms with Crippen molar-refractivity contribution in [3.8, 4) is 0 Å². The van der Waals surface area contributed by atoms with Gasteiger partial charge in [-0.15, -0.1) is 24.0 Å². The Balaban J connectivity index is 0.00000208. The number of guanidine groups is 1. The van der Waals surface area contributed by atoms with Gasteiger partial charge in [0.1, 0.15) is 0 Å². The van der Waals surface area contributed by atoms with Crippen LogP contribution in [0.2, 0.25) is 0 Å². The van der Waals surface area contributed by atoms with Crippen LogP contribution in [-0.4, -0.2) is 31.3 Å². The van der Waals surface area contributed by atoms with Gasteiger partial charge in [0.15, 0.2) is 5.96 Å². The third-order valence-electron chi connectivity index (χ3n) is 4.86. The van der Waals surface area contributed by atoms with Gasteiger partial charge in [0, 0.05) is 19.7 Å². The summed E-state index contributed by atoms with van der Waals surface area (Å²) in [7, 11) is 0. The topological polar surface area (TPSA) is 45.7 Å². The Hall–Kier alpha value is -0.820. The van der Waals surface area contributed by atoms with Gasteiger partial charge in [-0.25, -0.2) is 4.99 Å². The lowest BCUT2D eigenvalue weighted by Gasteiger charge is -2.24. The molecule has 4 nitrogen and oxygen atoms in total. The van der Waals surface area contributed by atoms with Crippen LogP contribution in [0.3, 0.4) is 0 Å². The quantitative estimate of drug-likeness (QED) is 0.417. The van der Waals surface area contributed by atoms with E-state index < -0.39 is 0 Å². The number of hydrogen-bond acceptors (Lipinski definition) is 2. The van der Waals surface area contributed by atoms with Crippen molar-refractivity contribution in [2.24, 2.45) is 4.99 Å². The number of aryl methyl sites for hydroxylation is 2. The maximum atomic E-state index is 5.84. The molecule has 1 atom stereocenters. The Kier molecular flexibility index (Phi) is 7.34. The van der Waals surface area contributed by atoms with Crippen LogP contribution in [0.1, 0.15) is 49.8 Å². The normalized spacial score (nSPS) is 22.8. The summed E-state index contributed by atoms with van der Waals surface area (Å²) in [6.45, 7) is 7.55. The highest BCUT2D eigenvalue weighted by molar-refractivity contribution is 14.0. The molecule has 0 amide bonds. The van der Waals surface area contributed by atoms with E-state index in [4.69, 9.17) is 9.73 Å². The molecule has 24 heavy (non-hydrogen) atoms. The summed E-state index contributed by atoms with van der Waals surface area (Å²) in [5, 5.41) is 6.77. The van der Waals surface area contributed by atoms with E-state index in [1.165, 1.54) is 36.0 Å². The highest BCUT2D eigenvalue weighted by Gasteiger charge is 2.29. The molecule has 134 valence electrons. The van der Waals surface area contributed by atoms with E-state index in [0.717, 1.165) is 45.0 Å². The summed E-state index contributed by atoms with van der Waals surface area (Å²) in [5.41, 5.74) is 4.28. The Morgan fingerprint density at radius 3 is 2.79 bits per heavy atom. The van der Waals surface area contributed by atoms with Gasteiger partial charge in [-0.2, -0.15) is 0 Å². The molecule has 1 aromatic rings. The third-order valence-corrected chi connectivity index (χ3v) is 4.86. The van der Waals surface area contributed by atoms with E-state index in [0.29, 0.717) is 0 Å². The van der Waals surface area contributed by atoms with Gasteiger partial charge < -0.3 is 15.4 Å². The largest absolute Gasteiger partial charge is 0.373 e. The van der Waals surface area contributed by atoms with Crippen LogP contribution >= 0.6 is 24.0 Å². The Morgan fingerprint density at radius 1 is 1.21 bits per heavy atom. The molecule has 5 heteroatoms. The average molecular weight is 443 g/mol. The molecular formula is C19H30IN3O. The molecule has 1 aliphatic heterocycles. The van der Waals surface area contributed by atoms with Crippen LogP contribution in [0.4, 0.5) is 0 Å². The Bertz CT molecular complexity index is 568. The highest BCUT2D eigenvalue weighted by atomic mass is 127. The fourth-order valence-corrected chi connectivity index (χ4v) is 3.48. The lowest BCUT2D eigenvalue weighted by atomic mass is 10.0. The molecule has 0 bridgehead atoms. The van der Waals surface area contributed by atoms with Gasteiger partial charge in [0.25, 0.3) is 0 Å². The maximum absolute atomic E-state index is 5.84. The molecule has 2 aliphatic rings.